The van der Waals surface area contributed by atoms with E-state index in [2.05, 4.69) is 15.3 Å². The fourth-order valence-corrected chi connectivity index (χ4v) is 2.76. The van der Waals surface area contributed by atoms with Crippen LogP contribution in [0.4, 0.5) is 5.82 Å². The molecule has 1 amide bonds. The number of amides is 1. The van der Waals surface area contributed by atoms with Crippen molar-refractivity contribution in [2.24, 2.45) is 0 Å². The zero-order chi connectivity index (χ0) is 15.7. The fourth-order valence-electron chi connectivity index (χ4n) is 2.76. The maximum atomic E-state index is 12.3. The Morgan fingerprint density at radius 2 is 2.09 bits per heavy atom. The molecule has 0 aromatic carbocycles. The maximum absolute atomic E-state index is 12.3. The van der Waals surface area contributed by atoms with Crippen molar-refractivity contribution in [1.29, 1.82) is 0 Å². The number of nitrogens with one attached hydrogen (secondary N) is 2. The number of hydrogen-bond donors (Lipinski definition) is 3. The first-order chi connectivity index (χ1) is 10.6. The molecule has 2 aromatic rings. The molecular formula is C16H17N3O3. The van der Waals surface area contributed by atoms with E-state index in [1.165, 1.54) is 0 Å². The highest BCUT2D eigenvalue weighted by Gasteiger charge is 2.24. The monoisotopic (exact) mass is 299 g/mol. The molecule has 0 saturated heterocycles. The zero-order valence-electron chi connectivity index (χ0n) is 12.3. The second-order valence-corrected chi connectivity index (χ2v) is 5.46. The van der Waals surface area contributed by atoms with Crippen molar-refractivity contribution in [3.8, 4) is 5.75 Å². The van der Waals surface area contributed by atoms with Crippen molar-refractivity contribution in [3.63, 3.8) is 0 Å². The van der Waals surface area contributed by atoms with Gasteiger partial charge >= 0.3 is 0 Å². The van der Waals surface area contributed by atoms with E-state index in [-0.39, 0.29) is 11.3 Å². The van der Waals surface area contributed by atoms with Crippen LogP contribution in [0.1, 0.15) is 40.2 Å². The number of aromatic hydroxyl groups is 1. The van der Waals surface area contributed by atoms with Gasteiger partial charge in [-0.1, -0.05) is 6.07 Å². The van der Waals surface area contributed by atoms with Gasteiger partial charge in [-0.25, -0.2) is 4.98 Å². The van der Waals surface area contributed by atoms with Crippen LogP contribution in [-0.2, 0) is 12.8 Å². The van der Waals surface area contributed by atoms with E-state index in [4.69, 9.17) is 0 Å². The molecule has 0 fully saturated rings. The zero-order valence-corrected chi connectivity index (χ0v) is 12.3. The van der Waals surface area contributed by atoms with Crippen molar-refractivity contribution in [1.82, 2.24) is 9.97 Å². The van der Waals surface area contributed by atoms with Crippen LogP contribution in [-0.4, -0.2) is 21.0 Å². The van der Waals surface area contributed by atoms with Crippen molar-refractivity contribution < 1.29 is 9.90 Å². The number of nitrogens with zero attached hydrogens (tertiary/aromatic N) is 1. The average molecular weight is 299 g/mol. The average Bonchev–Trinajstić information content (AvgIpc) is 2.47. The molecule has 22 heavy (non-hydrogen) atoms. The summed E-state index contributed by atoms with van der Waals surface area (Å²) in [5.41, 5.74) is 1.35. The molecule has 0 saturated carbocycles. The molecule has 6 nitrogen and oxygen atoms in total. The minimum atomic E-state index is -0.648. The Labute approximate surface area is 127 Å². The number of anilines is 1. The van der Waals surface area contributed by atoms with E-state index in [9.17, 15) is 14.7 Å². The SMILES string of the molecule is Cc1cccc(NC(=O)c2c(O)c3c([nH]c2=O)CCCC3)n1. The smallest absolute Gasteiger partial charge is 0.266 e. The van der Waals surface area contributed by atoms with E-state index >= 15 is 0 Å². The summed E-state index contributed by atoms with van der Waals surface area (Å²) < 4.78 is 0. The summed E-state index contributed by atoms with van der Waals surface area (Å²) >= 11 is 0. The predicted molar refractivity (Wildman–Crippen MR) is 82.3 cm³/mol. The molecule has 0 spiro atoms. The lowest BCUT2D eigenvalue weighted by Crippen LogP contribution is -2.26. The minimum absolute atomic E-state index is 0.205. The number of pyridine rings is 2. The Morgan fingerprint density at radius 3 is 2.86 bits per heavy atom. The fraction of sp³-hybridized carbons (Fsp3) is 0.312. The number of aromatic nitrogens is 2. The first kappa shape index (κ1) is 14.3. The molecule has 1 aliphatic carbocycles. The van der Waals surface area contributed by atoms with Gasteiger partial charge in [0.15, 0.2) is 0 Å². The third-order valence-electron chi connectivity index (χ3n) is 3.84. The quantitative estimate of drug-likeness (QED) is 0.789. The van der Waals surface area contributed by atoms with E-state index in [1.807, 2.05) is 0 Å². The molecule has 0 aliphatic heterocycles. The third kappa shape index (κ3) is 2.59. The summed E-state index contributed by atoms with van der Waals surface area (Å²) in [6, 6.07) is 5.20. The van der Waals surface area contributed by atoms with Gasteiger partial charge in [-0.15, -0.1) is 0 Å². The molecule has 2 aromatic heterocycles. The molecule has 3 rings (SSSR count). The first-order valence-electron chi connectivity index (χ1n) is 7.28. The lowest BCUT2D eigenvalue weighted by molar-refractivity contribution is 0.102. The van der Waals surface area contributed by atoms with E-state index in [0.29, 0.717) is 17.8 Å². The standard InChI is InChI=1S/C16H17N3O3/c1-9-5-4-8-12(17-9)19-16(22)13-14(20)10-6-2-3-7-11(10)18-15(13)21/h4-5,8H,2-3,6-7H2,1H3,(H,17,19,22)(H2,18,20,21). The Bertz CT molecular complexity index is 796. The summed E-state index contributed by atoms with van der Waals surface area (Å²) in [5, 5.41) is 12.9. The number of rotatable bonds is 2. The van der Waals surface area contributed by atoms with Crippen LogP contribution < -0.4 is 10.9 Å². The molecule has 0 radical (unpaired) electrons. The third-order valence-corrected chi connectivity index (χ3v) is 3.84. The molecule has 114 valence electrons. The van der Waals surface area contributed by atoms with Crippen LogP contribution in [0.5, 0.6) is 5.75 Å². The van der Waals surface area contributed by atoms with Gasteiger partial charge in [0, 0.05) is 17.0 Å². The van der Waals surface area contributed by atoms with Crippen LogP contribution in [0.3, 0.4) is 0 Å². The Balaban J connectivity index is 1.97. The summed E-state index contributed by atoms with van der Waals surface area (Å²) in [4.78, 5) is 31.3. The predicted octanol–water partition coefficient (Wildman–Crippen LogP) is 1.92. The van der Waals surface area contributed by atoms with E-state index in [1.54, 1.807) is 25.1 Å². The number of aromatic amines is 1. The van der Waals surface area contributed by atoms with Crippen molar-refractivity contribution in [2.75, 3.05) is 5.32 Å². The van der Waals surface area contributed by atoms with Crippen molar-refractivity contribution >= 4 is 11.7 Å². The van der Waals surface area contributed by atoms with Gasteiger partial charge in [-0.05, 0) is 44.7 Å². The number of hydrogen-bond acceptors (Lipinski definition) is 4. The molecule has 0 bridgehead atoms. The Morgan fingerprint density at radius 1 is 1.32 bits per heavy atom. The summed E-state index contributed by atoms with van der Waals surface area (Å²) in [7, 11) is 0. The molecule has 1 aliphatic rings. The van der Waals surface area contributed by atoms with Gasteiger partial charge in [0.25, 0.3) is 11.5 Å². The van der Waals surface area contributed by atoms with Gasteiger partial charge < -0.3 is 15.4 Å². The number of carbonyl (C=O) groups excluding carboxylic acids is 1. The van der Waals surface area contributed by atoms with Crippen LogP contribution in [0.25, 0.3) is 0 Å². The second-order valence-electron chi connectivity index (χ2n) is 5.46. The van der Waals surface area contributed by atoms with Gasteiger partial charge in [-0.2, -0.15) is 0 Å². The van der Waals surface area contributed by atoms with Gasteiger partial charge in [0.05, 0.1) is 0 Å². The molecule has 0 unspecified atom stereocenters. The van der Waals surface area contributed by atoms with Crippen LogP contribution in [0.15, 0.2) is 23.0 Å². The molecular weight excluding hydrogens is 282 g/mol. The van der Waals surface area contributed by atoms with E-state index in [0.717, 1.165) is 30.7 Å². The molecule has 0 atom stereocenters. The molecule has 2 heterocycles. The van der Waals surface area contributed by atoms with Crippen molar-refractivity contribution in [2.45, 2.75) is 32.6 Å². The lowest BCUT2D eigenvalue weighted by Gasteiger charge is -2.18. The van der Waals surface area contributed by atoms with Crippen LogP contribution in [0.2, 0.25) is 0 Å². The highest BCUT2D eigenvalue weighted by Crippen LogP contribution is 2.28. The number of aryl methyl sites for hydroxylation is 2. The number of carbonyl (C=O) groups is 1. The van der Waals surface area contributed by atoms with Gasteiger partial charge in [0.2, 0.25) is 0 Å². The summed E-state index contributed by atoms with van der Waals surface area (Å²) in [6.45, 7) is 1.80. The lowest BCUT2D eigenvalue weighted by atomic mass is 9.93. The van der Waals surface area contributed by atoms with Crippen molar-refractivity contribution in [3.05, 3.63) is 51.1 Å². The van der Waals surface area contributed by atoms with Gasteiger partial charge in [-0.3, -0.25) is 9.59 Å². The van der Waals surface area contributed by atoms with Gasteiger partial charge in [0.1, 0.15) is 17.1 Å². The number of H-pyrrole nitrogens is 1. The van der Waals surface area contributed by atoms with Crippen LogP contribution >= 0.6 is 0 Å². The summed E-state index contributed by atoms with van der Waals surface area (Å²) in [6.07, 6.45) is 3.30. The first-order valence-corrected chi connectivity index (χ1v) is 7.28. The second kappa shape index (κ2) is 5.63. The van der Waals surface area contributed by atoms with E-state index < -0.39 is 11.5 Å². The molecule has 3 N–H and O–H groups in total. The largest absolute Gasteiger partial charge is 0.507 e. The Hall–Kier alpha value is -2.63. The number of fused-ring (bicyclic) bond motifs is 1. The van der Waals surface area contributed by atoms with Crippen LogP contribution in [0, 0.1) is 6.92 Å². The topological polar surface area (TPSA) is 95.1 Å². The highest BCUT2D eigenvalue weighted by molar-refractivity contribution is 6.05. The Kier molecular flexibility index (Phi) is 3.66. The minimum Gasteiger partial charge on any atom is -0.507 e. The maximum Gasteiger partial charge on any atom is 0.266 e. The highest BCUT2D eigenvalue weighted by atomic mass is 16.3. The normalized spacial score (nSPS) is 13.5. The molecule has 6 heteroatoms. The summed E-state index contributed by atoms with van der Waals surface area (Å²) in [5.74, 6) is -0.504.